The van der Waals surface area contributed by atoms with Crippen LogP contribution in [0, 0.1) is 5.82 Å². The number of benzene rings is 2. The van der Waals surface area contributed by atoms with Gasteiger partial charge in [0.15, 0.2) is 0 Å². The molecule has 3 rings (SSSR count). The molecule has 1 aromatic heterocycles. The fourth-order valence-electron chi connectivity index (χ4n) is 2.93. The molecular weight excluding hydrogens is 397 g/mol. The zero-order valence-electron chi connectivity index (χ0n) is 15.5. The first-order valence-corrected chi connectivity index (χ1v) is 9.31. The topological polar surface area (TPSA) is 91.3 Å². The molecule has 2 unspecified atom stereocenters. The van der Waals surface area contributed by atoms with E-state index < -0.39 is 29.8 Å². The molecule has 2 aromatic carbocycles. The molecule has 3 N–H and O–H groups in total. The standard InChI is InChI=1S/C21H19ClFN3O3/c1-12(11-18(27)13-4-6-14(23)7-5-13)25-20(28)21(29)26-17-9-8-16(22)19-15(17)3-2-10-24-19/h2-10,12,18,27H,11H2,1H3,(H,25,28)(H,26,29). The highest BCUT2D eigenvalue weighted by Crippen LogP contribution is 2.28. The van der Waals surface area contributed by atoms with E-state index in [9.17, 15) is 19.1 Å². The van der Waals surface area contributed by atoms with Crippen molar-refractivity contribution in [3.05, 3.63) is 71.1 Å². The van der Waals surface area contributed by atoms with E-state index in [4.69, 9.17) is 11.6 Å². The van der Waals surface area contributed by atoms with Gasteiger partial charge in [-0.15, -0.1) is 0 Å². The third-order valence-electron chi connectivity index (χ3n) is 4.38. The molecule has 6 nitrogen and oxygen atoms in total. The Morgan fingerprint density at radius 1 is 1.14 bits per heavy atom. The highest BCUT2D eigenvalue weighted by Gasteiger charge is 2.20. The van der Waals surface area contributed by atoms with Gasteiger partial charge in [-0.25, -0.2) is 4.39 Å². The summed E-state index contributed by atoms with van der Waals surface area (Å²) in [7, 11) is 0. The molecule has 0 aliphatic rings. The van der Waals surface area contributed by atoms with E-state index in [2.05, 4.69) is 15.6 Å². The lowest BCUT2D eigenvalue weighted by Gasteiger charge is -2.18. The molecule has 3 aromatic rings. The summed E-state index contributed by atoms with van der Waals surface area (Å²) in [6.45, 7) is 1.67. The molecule has 0 saturated carbocycles. The van der Waals surface area contributed by atoms with Crippen molar-refractivity contribution in [2.24, 2.45) is 0 Å². The molecule has 2 atom stereocenters. The minimum atomic E-state index is -0.903. The van der Waals surface area contributed by atoms with Gasteiger partial charge in [0.2, 0.25) is 0 Å². The Kier molecular flexibility index (Phi) is 6.41. The second-order valence-electron chi connectivity index (χ2n) is 6.63. The van der Waals surface area contributed by atoms with Crippen LogP contribution >= 0.6 is 11.6 Å². The van der Waals surface area contributed by atoms with Crippen molar-refractivity contribution in [1.29, 1.82) is 0 Å². The van der Waals surface area contributed by atoms with Crippen LogP contribution in [0.2, 0.25) is 5.02 Å². The predicted octanol–water partition coefficient (Wildman–Crippen LogP) is 3.59. The average molecular weight is 416 g/mol. The number of aliphatic hydroxyl groups excluding tert-OH is 1. The number of carbonyl (C=O) groups is 2. The molecule has 150 valence electrons. The molecule has 0 fully saturated rings. The first kappa shape index (κ1) is 20.7. The number of aliphatic hydroxyl groups is 1. The number of nitrogens with one attached hydrogen (secondary N) is 2. The fourth-order valence-corrected chi connectivity index (χ4v) is 3.14. The molecule has 8 heteroatoms. The van der Waals surface area contributed by atoms with Crippen LogP contribution in [0.1, 0.15) is 25.0 Å². The first-order chi connectivity index (χ1) is 13.8. The summed E-state index contributed by atoms with van der Waals surface area (Å²) >= 11 is 6.11. The van der Waals surface area contributed by atoms with E-state index in [-0.39, 0.29) is 6.42 Å². The number of hydrogen-bond acceptors (Lipinski definition) is 4. The second-order valence-corrected chi connectivity index (χ2v) is 7.03. The average Bonchev–Trinajstić information content (AvgIpc) is 2.70. The summed E-state index contributed by atoms with van der Waals surface area (Å²) in [5.41, 5.74) is 1.46. The van der Waals surface area contributed by atoms with Gasteiger partial charge in [-0.3, -0.25) is 14.6 Å². The SMILES string of the molecule is CC(CC(O)c1ccc(F)cc1)NC(=O)C(=O)Nc1ccc(Cl)c2ncccc12. The number of carbonyl (C=O) groups excluding carboxylic acids is 2. The summed E-state index contributed by atoms with van der Waals surface area (Å²) < 4.78 is 13.0. The first-order valence-electron chi connectivity index (χ1n) is 8.93. The normalized spacial score (nSPS) is 13.0. The zero-order chi connectivity index (χ0) is 21.0. The lowest BCUT2D eigenvalue weighted by Crippen LogP contribution is -2.41. The Balaban J connectivity index is 1.61. The summed E-state index contributed by atoms with van der Waals surface area (Å²) in [6.07, 6.45) is 0.847. The molecule has 0 saturated heterocycles. The maximum absolute atomic E-state index is 13.0. The number of anilines is 1. The Bertz CT molecular complexity index is 1040. The van der Waals surface area contributed by atoms with Gasteiger partial charge in [-0.1, -0.05) is 23.7 Å². The summed E-state index contributed by atoms with van der Waals surface area (Å²) in [5, 5.41) is 16.4. The number of pyridine rings is 1. The van der Waals surface area contributed by atoms with Crippen LogP contribution in [0.25, 0.3) is 10.9 Å². The highest BCUT2D eigenvalue weighted by atomic mass is 35.5. The van der Waals surface area contributed by atoms with Crippen molar-refractivity contribution < 1.29 is 19.1 Å². The predicted molar refractivity (Wildman–Crippen MR) is 109 cm³/mol. The van der Waals surface area contributed by atoms with Gasteiger partial charge < -0.3 is 15.7 Å². The van der Waals surface area contributed by atoms with Crippen molar-refractivity contribution in [3.8, 4) is 0 Å². The molecule has 2 amide bonds. The minimum absolute atomic E-state index is 0.165. The Morgan fingerprint density at radius 3 is 2.59 bits per heavy atom. The maximum atomic E-state index is 13.0. The number of nitrogens with zero attached hydrogens (tertiary/aromatic N) is 1. The van der Waals surface area contributed by atoms with Gasteiger partial charge >= 0.3 is 11.8 Å². The van der Waals surface area contributed by atoms with Crippen molar-refractivity contribution in [2.45, 2.75) is 25.5 Å². The Hall–Kier alpha value is -3.03. The number of rotatable bonds is 5. The van der Waals surface area contributed by atoms with Gasteiger partial charge in [0.1, 0.15) is 5.82 Å². The van der Waals surface area contributed by atoms with Gasteiger partial charge in [-0.05, 0) is 55.3 Å². The number of hydrogen-bond donors (Lipinski definition) is 3. The third kappa shape index (κ3) is 5.07. The highest BCUT2D eigenvalue weighted by molar-refractivity contribution is 6.41. The lowest BCUT2D eigenvalue weighted by atomic mass is 10.0. The molecule has 1 heterocycles. The van der Waals surface area contributed by atoms with Crippen LogP contribution in [0.15, 0.2) is 54.7 Å². The van der Waals surface area contributed by atoms with Gasteiger partial charge in [0, 0.05) is 17.6 Å². The minimum Gasteiger partial charge on any atom is -0.388 e. The van der Waals surface area contributed by atoms with E-state index >= 15 is 0 Å². The molecule has 29 heavy (non-hydrogen) atoms. The largest absolute Gasteiger partial charge is 0.388 e. The quantitative estimate of drug-likeness (QED) is 0.555. The fraction of sp³-hybridized carbons (Fsp3) is 0.190. The summed E-state index contributed by atoms with van der Waals surface area (Å²) in [4.78, 5) is 28.7. The van der Waals surface area contributed by atoms with E-state index in [1.54, 1.807) is 37.4 Å². The third-order valence-corrected chi connectivity index (χ3v) is 4.69. The van der Waals surface area contributed by atoms with Crippen molar-refractivity contribution in [1.82, 2.24) is 10.3 Å². The molecule has 0 aliphatic carbocycles. The number of fused-ring (bicyclic) bond motifs is 1. The molecule has 0 bridgehead atoms. The Labute approximate surface area is 171 Å². The van der Waals surface area contributed by atoms with E-state index in [0.29, 0.717) is 27.2 Å². The molecule has 0 radical (unpaired) electrons. The van der Waals surface area contributed by atoms with Crippen LogP contribution in [0.5, 0.6) is 0 Å². The van der Waals surface area contributed by atoms with Crippen molar-refractivity contribution in [3.63, 3.8) is 0 Å². The van der Waals surface area contributed by atoms with E-state index in [1.165, 1.54) is 24.3 Å². The smallest absolute Gasteiger partial charge is 0.313 e. The Morgan fingerprint density at radius 2 is 1.86 bits per heavy atom. The van der Waals surface area contributed by atoms with Gasteiger partial charge in [0.05, 0.1) is 22.3 Å². The van der Waals surface area contributed by atoms with Gasteiger partial charge in [0.25, 0.3) is 0 Å². The van der Waals surface area contributed by atoms with Crippen molar-refractivity contribution in [2.75, 3.05) is 5.32 Å². The van der Waals surface area contributed by atoms with Crippen LogP contribution < -0.4 is 10.6 Å². The van der Waals surface area contributed by atoms with Gasteiger partial charge in [-0.2, -0.15) is 0 Å². The van der Waals surface area contributed by atoms with E-state index in [1.807, 2.05) is 0 Å². The van der Waals surface area contributed by atoms with Crippen molar-refractivity contribution >= 4 is 40.0 Å². The summed E-state index contributed by atoms with van der Waals surface area (Å²) in [5.74, 6) is -2.08. The molecule has 0 aliphatic heterocycles. The number of halogens is 2. The zero-order valence-corrected chi connectivity index (χ0v) is 16.3. The van der Waals surface area contributed by atoms with Crippen LogP contribution in [-0.2, 0) is 9.59 Å². The second kappa shape index (κ2) is 8.98. The van der Waals surface area contributed by atoms with Crippen LogP contribution in [0.4, 0.5) is 10.1 Å². The monoisotopic (exact) mass is 415 g/mol. The molecular formula is C21H19ClFN3O3. The summed E-state index contributed by atoms with van der Waals surface area (Å²) in [6, 6.07) is 11.6. The molecule has 0 spiro atoms. The number of amides is 2. The lowest BCUT2D eigenvalue weighted by molar-refractivity contribution is -0.136. The van der Waals surface area contributed by atoms with Crippen LogP contribution in [0.3, 0.4) is 0 Å². The number of aromatic nitrogens is 1. The maximum Gasteiger partial charge on any atom is 0.313 e. The van der Waals surface area contributed by atoms with E-state index in [0.717, 1.165) is 0 Å². The van der Waals surface area contributed by atoms with Crippen LogP contribution in [-0.4, -0.2) is 27.9 Å².